The van der Waals surface area contributed by atoms with Crippen LogP contribution in [0, 0.1) is 17.3 Å². The Morgan fingerprint density at radius 1 is 1.22 bits per heavy atom. The summed E-state index contributed by atoms with van der Waals surface area (Å²) in [6, 6.07) is 1.39. The molecule has 0 saturated heterocycles. The summed E-state index contributed by atoms with van der Waals surface area (Å²) in [5, 5.41) is 3.93. The second-order valence-corrected chi connectivity index (χ2v) is 6.93. The van der Waals surface area contributed by atoms with Crippen molar-refractivity contribution in [3.05, 3.63) is 0 Å². The Labute approximate surface area is 113 Å². The van der Waals surface area contributed by atoms with Gasteiger partial charge >= 0.3 is 0 Å². The van der Waals surface area contributed by atoms with E-state index < -0.39 is 0 Å². The van der Waals surface area contributed by atoms with Crippen LogP contribution >= 0.6 is 0 Å². The molecular formula is C16H31NO. The van der Waals surface area contributed by atoms with Crippen LogP contribution in [0.25, 0.3) is 0 Å². The van der Waals surface area contributed by atoms with Crippen LogP contribution in [0.3, 0.4) is 0 Å². The van der Waals surface area contributed by atoms with Gasteiger partial charge in [-0.05, 0) is 38.0 Å². The quantitative estimate of drug-likeness (QED) is 0.808. The predicted octanol–water partition coefficient (Wildman–Crippen LogP) is 3.60. The van der Waals surface area contributed by atoms with Crippen molar-refractivity contribution in [3.63, 3.8) is 0 Å². The van der Waals surface area contributed by atoms with E-state index in [1.807, 2.05) is 0 Å². The minimum Gasteiger partial charge on any atom is -0.378 e. The van der Waals surface area contributed by atoms with Crippen LogP contribution in [0.4, 0.5) is 0 Å². The summed E-state index contributed by atoms with van der Waals surface area (Å²) in [6.45, 7) is 12.4. The van der Waals surface area contributed by atoms with Crippen molar-refractivity contribution < 1.29 is 4.74 Å². The predicted molar refractivity (Wildman–Crippen MR) is 76.7 cm³/mol. The highest BCUT2D eigenvalue weighted by Gasteiger charge is 2.50. The zero-order chi connectivity index (χ0) is 13.3. The molecule has 2 aliphatic carbocycles. The summed E-state index contributed by atoms with van der Waals surface area (Å²) in [4.78, 5) is 0. The third-order valence-corrected chi connectivity index (χ3v) is 5.71. The molecule has 1 N–H and O–H groups in total. The minimum atomic E-state index is 0.306. The normalized spacial score (nSPS) is 42.8. The standard InChI is InChI=1S/C16H31NO/c1-6-12-8-9-13(11(12)3)17-14-10-15(18-7-2)16(14,4)5/h11-15,17H,6-10H2,1-5H3. The molecule has 0 amide bonds. The molecule has 0 aromatic rings. The van der Waals surface area contributed by atoms with Crippen LogP contribution in [0.15, 0.2) is 0 Å². The fourth-order valence-corrected chi connectivity index (χ4v) is 3.97. The molecule has 5 unspecified atom stereocenters. The van der Waals surface area contributed by atoms with E-state index in [4.69, 9.17) is 4.74 Å². The molecule has 2 nitrogen and oxygen atoms in total. The lowest BCUT2D eigenvalue weighted by Crippen LogP contribution is -2.63. The molecule has 106 valence electrons. The number of hydrogen-bond donors (Lipinski definition) is 1. The molecule has 0 aromatic carbocycles. The van der Waals surface area contributed by atoms with Gasteiger partial charge in [0.25, 0.3) is 0 Å². The van der Waals surface area contributed by atoms with E-state index in [0.29, 0.717) is 17.6 Å². The Morgan fingerprint density at radius 2 is 1.94 bits per heavy atom. The maximum atomic E-state index is 5.82. The summed E-state index contributed by atoms with van der Waals surface area (Å²) in [7, 11) is 0. The molecule has 0 aromatic heterocycles. The first-order valence-electron chi connectivity index (χ1n) is 7.88. The maximum Gasteiger partial charge on any atom is 0.0655 e. The van der Waals surface area contributed by atoms with Crippen molar-refractivity contribution >= 4 is 0 Å². The molecule has 0 radical (unpaired) electrons. The summed E-state index contributed by atoms with van der Waals surface area (Å²) in [5.41, 5.74) is 0.306. The average Bonchev–Trinajstić information content (AvgIpc) is 2.69. The molecule has 0 spiro atoms. The Balaban J connectivity index is 1.85. The van der Waals surface area contributed by atoms with E-state index in [0.717, 1.165) is 24.5 Å². The largest absolute Gasteiger partial charge is 0.378 e. The molecule has 5 atom stereocenters. The summed E-state index contributed by atoms with van der Waals surface area (Å²) < 4.78 is 5.82. The number of hydrogen-bond acceptors (Lipinski definition) is 2. The average molecular weight is 253 g/mol. The van der Waals surface area contributed by atoms with E-state index in [2.05, 4.69) is 39.9 Å². The van der Waals surface area contributed by atoms with Crippen LogP contribution < -0.4 is 5.32 Å². The first-order valence-corrected chi connectivity index (χ1v) is 7.88. The van der Waals surface area contributed by atoms with Gasteiger partial charge in [0.2, 0.25) is 0 Å². The molecule has 2 saturated carbocycles. The molecule has 2 heteroatoms. The molecule has 18 heavy (non-hydrogen) atoms. The smallest absolute Gasteiger partial charge is 0.0655 e. The molecule has 2 fully saturated rings. The van der Waals surface area contributed by atoms with Crippen molar-refractivity contribution in [2.75, 3.05) is 6.61 Å². The third-order valence-electron chi connectivity index (χ3n) is 5.71. The van der Waals surface area contributed by atoms with Gasteiger partial charge in [0.05, 0.1) is 6.10 Å². The van der Waals surface area contributed by atoms with E-state index >= 15 is 0 Å². The first-order chi connectivity index (χ1) is 8.50. The van der Waals surface area contributed by atoms with Gasteiger partial charge < -0.3 is 10.1 Å². The molecule has 0 bridgehead atoms. The van der Waals surface area contributed by atoms with Crippen LogP contribution in [0.5, 0.6) is 0 Å². The summed E-state index contributed by atoms with van der Waals surface area (Å²) >= 11 is 0. The van der Waals surface area contributed by atoms with E-state index in [9.17, 15) is 0 Å². The molecular weight excluding hydrogens is 222 g/mol. The molecule has 2 rings (SSSR count). The SMILES string of the molecule is CCOC1CC(NC2CCC(CC)C2C)C1(C)C. The highest BCUT2D eigenvalue weighted by molar-refractivity contribution is 5.05. The van der Waals surface area contributed by atoms with Gasteiger partial charge in [-0.15, -0.1) is 0 Å². The van der Waals surface area contributed by atoms with Crippen molar-refractivity contribution in [3.8, 4) is 0 Å². The zero-order valence-corrected chi connectivity index (χ0v) is 12.8. The second-order valence-electron chi connectivity index (χ2n) is 6.93. The van der Waals surface area contributed by atoms with Gasteiger partial charge in [0, 0.05) is 24.1 Å². The van der Waals surface area contributed by atoms with Gasteiger partial charge in [-0.3, -0.25) is 0 Å². The monoisotopic (exact) mass is 253 g/mol. The van der Waals surface area contributed by atoms with Crippen molar-refractivity contribution in [1.82, 2.24) is 5.32 Å². The highest BCUT2D eigenvalue weighted by atomic mass is 16.5. The topological polar surface area (TPSA) is 21.3 Å². The third kappa shape index (κ3) is 2.46. The summed E-state index contributed by atoms with van der Waals surface area (Å²) in [6.07, 6.45) is 5.78. The first kappa shape index (κ1) is 14.3. The van der Waals surface area contributed by atoms with Crippen LogP contribution in [-0.2, 0) is 4.74 Å². The van der Waals surface area contributed by atoms with Gasteiger partial charge in [-0.2, -0.15) is 0 Å². The second kappa shape index (κ2) is 5.50. The summed E-state index contributed by atoms with van der Waals surface area (Å²) in [5.74, 6) is 1.78. The zero-order valence-electron chi connectivity index (χ0n) is 12.8. The highest BCUT2D eigenvalue weighted by Crippen LogP contribution is 2.44. The van der Waals surface area contributed by atoms with E-state index in [-0.39, 0.29) is 0 Å². The van der Waals surface area contributed by atoms with Crippen LogP contribution in [0.2, 0.25) is 0 Å². The Morgan fingerprint density at radius 3 is 2.44 bits per heavy atom. The van der Waals surface area contributed by atoms with Gasteiger partial charge in [-0.25, -0.2) is 0 Å². The maximum absolute atomic E-state index is 5.82. The van der Waals surface area contributed by atoms with Crippen molar-refractivity contribution in [2.45, 2.75) is 78.5 Å². The Hall–Kier alpha value is -0.0800. The van der Waals surface area contributed by atoms with Crippen molar-refractivity contribution in [2.24, 2.45) is 17.3 Å². The number of ether oxygens (including phenoxy) is 1. The lowest BCUT2D eigenvalue weighted by atomic mass is 9.64. The van der Waals surface area contributed by atoms with Crippen molar-refractivity contribution in [1.29, 1.82) is 0 Å². The van der Waals surface area contributed by atoms with Gasteiger partial charge in [-0.1, -0.05) is 34.1 Å². The lowest BCUT2D eigenvalue weighted by Gasteiger charge is -2.53. The van der Waals surface area contributed by atoms with Gasteiger partial charge in [0.15, 0.2) is 0 Å². The Kier molecular flexibility index (Phi) is 4.38. The number of rotatable bonds is 5. The number of nitrogens with one attached hydrogen (secondary N) is 1. The molecule has 0 aliphatic heterocycles. The van der Waals surface area contributed by atoms with E-state index in [1.165, 1.54) is 25.7 Å². The molecule has 2 aliphatic rings. The van der Waals surface area contributed by atoms with E-state index in [1.54, 1.807) is 0 Å². The minimum absolute atomic E-state index is 0.306. The fraction of sp³-hybridized carbons (Fsp3) is 1.00. The fourth-order valence-electron chi connectivity index (χ4n) is 3.97. The Bertz CT molecular complexity index is 276. The van der Waals surface area contributed by atoms with Crippen LogP contribution in [0.1, 0.15) is 60.3 Å². The van der Waals surface area contributed by atoms with Crippen LogP contribution in [-0.4, -0.2) is 24.8 Å². The lowest BCUT2D eigenvalue weighted by molar-refractivity contribution is -0.117. The van der Waals surface area contributed by atoms with Gasteiger partial charge in [0.1, 0.15) is 0 Å². The molecule has 0 heterocycles.